The predicted octanol–water partition coefficient (Wildman–Crippen LogP) is 1.70. The summed E-state index contributed by atoms with van der Waals surface area (Å²) in [7, 11) is 4.05. The maximum atomic E-state index is 4.54. The molecule has 0 aromatic carbocycles. The maximum absolute atomic E-state index is 4.54. The molecule has 3 rings (SSSR count). The number of imidazole rings is 1. The number of anilines is 1. The Kier molecular flexibility index (Phi) is 3.69. The predicted molar refractivity (Wildman–Crippen MR) is 79.4 cm³/mol. The Bertz CT molecular complexity index is 556. The summed E-state index contributed by atoms with van der Waals surface area (Å²) in [5, 5.41) is 3.50. The third kappa shape index (κ3) is 3.17. The van der Waals surface area contributed by atoms with Crippen LogP contribution < -0.4 is 10.2 Å². The van der Waals surface area contributed by atoms with Crippen LogP contribution in [0.1, 0.15) is 24.2 Å². The van der Waals surface area contributed by atoms with Crippen LogP contribution in [0.25, 0.3) is 0 Å². The van der Waals surface area contributed by atoms with Gasteiger partial charge < -0.3 is 14.8 Å². The lowest BCUT2D eigenvalue weighted by Crippen LogP contribution is -2.20. The van der Waals surface area contributed by atoms with Crippen LogP contribution in [0, 0.1) is 0 Å². The van der Waals surface area contributed by atoms with Crippen LogP contribution in [0.5, 0.6) is 0 Å². The SMILES string of the molecule is CN(Cc1nccn1C)c1ccc(CNC2CC2)cn1. The van der Waals surface area contributed by atoms with Crippen molar-refractivity contribution >= 4 is 5.82 Å². The number of nitrogens with one attached hydrogen (secondary N) is 1. The Hall–Kier alpha value is -1.88. The Balaban J connectivity index is 1.59. The molecule has 1 saturated carbocycles. The van der Waals surface area contributed by atoms with E-state index in [2.05, 4.69) is 32.3 Å². The molecule has 1 aliphatic rings. The highest BCUT2D eigenvalue weighted by molar-refractivity contribution is 5.38. The van der Waals surface area contributed by atoms with Crippen molar-refractivity contribution in [3.8, 4) is 0 Å². The molecule has 5 heteroatoms. The second-order valence-electron chi connectivity index (χ2n) is 5.49. The zero-order valence-corrected chi connectivity index (χ0v) is 12.1. The van der Waals surface area contributed by atoms with Crippen molar-refractivity contribution in [3.05, 3.63) is 42.1 Å². The van der Waals surface area contributed by atoms with Crippen LogP contribution in [0.15, 0.2) is 30.7 Å². The molecule has 0 spiro atoms. The summed E-state index contributed by atoms with van der Waals surface area (Å²) in [6, 6.07) is 4.96. The van der Waals surface area contributed by atoms with Crippen LogP contribution in [0.2, 0.25) is 0 Å². The number of pyridine rings is 1. The summed E-state index contributed by atoms with van der Waals surface area (Å²) in [5.74, 6) is 2.01. The van der Waals surface area contributed by atoms with Gasteiger partial charge in [-0.2, -0.15) is 0 Å². The van der Waals surface area contributed by atoms with Gasteiger partial charge in [0.15, 0.2) is 0 Å². The van der Waals surface area contributed by atoms with Crippen LogP contribution >= 0.6 is 0 Å². The molecule has 2 aromatic heterocycles. The minimum Gasteiger partial charge on any atom is -0.352 e. The monoisotopic (exact) mass is 271 g/mol. The molecule has 0 saturated heterocycles. The highest BCUT2D eigenvalue weighted by Crippen LogP contribution is 2.19. The van der Waals surface area contributed by atoms with Crippen LogP contribution in [0.3, 0.4) is 0 Å². The van der Waals surface area contributed by atoms with Gasteiger partial charge in [0.1, 0.15) is 11.6 Å². The van der Waals surface area contributed by atoms with Crippen molar-refractivity contribution in [2.24, 2.45) is 7.05 Å². The molecule has 1 N–H and O–H groups in total. The molecule has 2 heterocycles. The van der Waals surface area contributed by atoms with E-state index in [-0.39, 0.29) is 0 Å². The molecule has 0 aliphatic heterocycles. The highest BCUT2D eigenvalue weighted by atomic mass is 15.2. The summed E-state index contributed by atoms with van der Waals surface area (Å²) >= 11 is 0. The summed E-state index contributed by atoms with van der Waals surface area (Å²) in [6.07, 6.45) is 8.38. The standard InChI is InChI=1S/C15H21N5/c1-19-8-7-16-15(19)11-20(2)14-6-3-12(10-18-14)9-17-13-4-5-13/h3,6-8,10,13,17H,4-5,9,11H2,1-2H3. The van der Waals surface area contributed by atoms with E-state index in [0.717, 1.165) is 30.8 Å². The van der Waals surface area contributed by atoms with Crippen LogP contribution in [-0.2, 0) is 20.1 Å². The fourth-order valence-corrected chi connectivity index (χ4v) is 2.14. The number of hydrogen-bond acceptors (Lipinski definition) is 4. The average molecular weight is 271 g/mol. The van der Waals surface area contributed by atoms with E-state index in [1.54, 1.807) is 0 Å². The summed E-state index contributed by atoms with van der Waals surface area (Å²) < 4.78 is 2.03. The first-order chi connectivity index (χ1) is 9.72. The number of aromatic nitrogens is 3. The second kappa shape index (κ2) is 5.63. The lowest BCUT2D eigenvalue weighted by atomic mass is 10.2. The van der Waals surface area contributed by atoms with Gasteiger partial charge >= 0.3 is 0 Å². The minimum absolute atomic E-state index is 0.737. The summed E-state index contributed by atoms with van der Waals surface area (Å²) in [5.41, 5.74) is 1.24. The van der Waals surface area contributed by atoms with Gasteiger partial charge in [-0.15, -0.1) is 0 Å². The Morgan fingerprint density at radius 2 is 2.20 bits per heavy atom. The van der Waals surface area contributed by atoms with Gasteiger partial charge in [-0.25, -0.2) is 9.97 Å². The fraction of sp³-hybridized carbons (Fsp3) is 0.467. The van der Waals surface area contributed by atoms with Gasteiger partial charge in [0, 0.05) is 45.3 Å². The zero-order chi connectivity index (χ0) is 13.9. The number of aryl methyl sites for hydroxylation is 1. The third-order valence-corrected chi connectivity index (χ3v) is 3.67. The molecule has 1 fully saturated rings. The zero-order valence-electron chi connectivity index (χ0n) is 12.1. The molecule has 0 radical (unpaired) electrons. The second-order valence-corrected chi connectivity index (χ2v) is 5.49. The van der Waals surface area contributed by atoms with Crippen molar-refractivity contribution in [2.75, 3.05) is 11.9 Å². The average Bonchev–Trinajstić information content (AvgIpc) is 3.21. The summed E-state index contributed by atoms with van der Waals surface area (Å²) in [6.45, 7) is 1.68. The molecule has 20 heavy (non-hydrogen) atoms. The van der Waals surface area contributed by atoms with Crippen LogP contribution in [0.4, 0.5) is 5.82 Å². The highest BCUT2D eigenvalue weighted by Gasteiger charge is 2.19. The van der Waals surface area contributed by atoms with E-state index in [1.807, 2.05) is 37.3 Å². The van der Waals surface area contributed by atoms with Crippen molar-refractivity contribution in [3.63, 3.8) is 0 Å². The minimum atomic E-state index is 0.737. The van der Waals surface area contributed by atoms with Gasteiger partial charge in [0.25, 0.3) is 0 Å². The van der Waals surface area contributed by atoms with Crippen molar-refractivity contribution in [2.45, 2.75) is 32.0 Å². The fourth-order valence-electron chi connectivity index (χ4n) is 2.14. The summed E-state index contributed by atoms with van der Waals surface area (Å²) in [4.78, 5) is 11.0. The first-order valence-electron chi connectivity index (χ1n) is 7.08. The molecule has 2 aromatic rings. The molecule has 0 unspecified atom stereocenters. The normalized spacial score (nSPS) is 14.5. The Morgan fingerprint density at radius 1 is 1.35 bits per heavy atom. The molecule has 5 nitrogen and oxygen atoms in total. The van der Waals surface area contributed by atoms with E-state index in [4.69, 9.17) is 0 Å². The largest absolute Gasteiger partial charge is 0.352 e. The lowest BCUT2D eigenvalue weighted by molar-refractivity contribution is 0.685. The quantitative estimate of drug-likeness (QED) is 0.868. The Morgan fingerprint density at radius 3 is 2.80 bits per heavy atom. The van der Waals surface area contributed by atoms with E-state index < -0.39 is 0 Å². The molecule has 1 aliphatic carbocycles. The van der Waals surface area contributed by atoms with Crippen molar-refractivity contribution in [1.29, 1.82) is 0 Å². The first-order valence-corrected chi connectivity index (χ1v) is 7.08. The number of nitrogens with zero attached hydrogens (tertiary/aromatic N) is 4. The molecule has 0 amide bonds. The van der Waals surface area contributed by atoms with Crippen molar-refractivity contribution in [1.82, 2.24) is 19.9 Å². The van der Waals surface area contributed by atoms with Gasteiger partial charge in [0.2, 0.25) is 0 Å². The topological polar surface area (TPSA) is 46.0 Å². The van der Waals surface area contributed by atoms with Gasteiger partial charge in [-0.05, 0) is 24.5 Å². The molecule has 0 bridgehead atoms. The molecule has 106 valence electrons. The lowest BCUT2D eigenvalue weighted by Gasteiger charge is -2.18. The van der Waals surface area contributed by atoms with E-state index in [0.29, 0.717) is 0 Å². The van der Waals surface area contributed by atoms with E-state index >= 15 is 0 Å². The number of hydrogen-bond donors (Lipinski definition) is 1. The van der Waals surface area contributed by atoms with Gasteiger partial charge in [-0.1, -0.05) is 6.07 Å². The van der Waals surface area contributed by atoms with E-state index in [9.17, 15) is 0 Å². The Labute approximate surface area is 119 Å². The molecule has 0 atom stereocenters. The first kappa shape index (κ1) is 13.1. The maximum Gasteiger partial charge on any atom is 0.128 e. The third-order valence-electron chi connectivity index (χ3n) is 3.67. The van der Waals surface area contributed by atoms with Gasteiger partial charge in [-0.3, -0.25) is 0 Å². The van der Waals surface area contributed by atoms with Gasteiger partial charge in [0.05, 0.1) is 6.54 Å². The molecular formula is C15H21N5. The van der Waals surface area contributed by atoms with Crippen molar-refractivity contribution < 1.29 is 0 Å². The van der Waals surface area contributed by atoms with E-state index in [1.165, 1.54) is 18.4 Å². The number of rotatable bonds is 6. The molecular weight excluding hydrogens is 250 g/mol. The smallest absolute Gasteiger partial charge is 0.128 e. The van der Waals surface area contributed by atoms with Crippen LogP contribution in [-0.4, -0.2) is 27.6 Å².